The van der Waals surface area contributed by atoms with E-state index in [-0.39, 0.29) is 5.91 Å². The summed E-state index contributed by atoms with van der Waals surface area (Å²) >= 11 is 0. The highest BCUT2D eigenvalue weighted by Gasteiger charge is 2.32. The van der Waals surface area contributed by atoms with Gasteiger partial charge in [0.1, 0.15) is 0 Å². The third kappa shape index (κ3) is 2.99. The van der Waals surface area contributed by atoms with Crippen LogP contribution in [0.25, 0.3) is 0 Å². The van der Waals surface area contributed by atoms with Crippen molar-refractivity contribution < 1.29 is 4.79 Å². The van der Waals surface area contributed by atoms with Crippen molar-refractivity contribution in [3.05, 3.63) is 65.2 Å². The van der Waals surface area contributed by atoms with E-state index in [4.69, 9.17) is 0 Å². The van der Waals surface area contributed by atoms with Crippen molar-refractivity contribution in [1.82, 2.24) is 0 Å². The molecule has 0 bridgehead atoms. The molecule has 0 aliphatic heterocycles. The first-order chi connectivity index (χ1) is 10.1. The maximum absolute atomic E-state index is 11.1. The number of amides is 1. The van der Waals surface area contributed by atoms with E-state index in [1.165, 1.54) is 36.5 Å². The van der Waals surface area contributed by atoms with Crippen LogP contribution in [0.4, 0.5) is 5.69 Å². The molecule has 0 radical (unpaired) electrons. The minimum atomic E-state index is -0.0241. The summed E-state index contributed by atoms with van der Waals surface area (Å²) in [7, 11) is 0. The summed E-state index contributed by atoms with van der Waals surface area (Å²) in [6.07, 6.45) is 2.51. The molecule has 2 nitrogen and oxygen atoms in total. The number of carbonyl (C=O) groups excluding carboxylic acids is 1. The second-order valence-corrected chi connectivity index (χ2v) is 6.00. The Labute approximate surface area is 126 Å². The Bertz CT molecular complexity index is 628. The summed E-state index contributed by atoms with van der Waals surface area (Å²) in [6.45, 7) is 3.66. The van der Waals surface area contributed by atoms with E-state index in [2.05, 4.69) is 48.6 Å². The topological polar surface area (TPSA) is 29.1 Å². The van der Waals surface area contributed by atoms with Gasteiger partial charge in [-0.15, -0.1) is 0 Å². The quantitative estimate of drug-likeness (QED) is 0.873. The molecule has 2 aromatic rings. The van der Waals surface area contributed by atoms with Gasteiger partial charge in [-0.3, -0.25) is 4.79 Å². The van der Waals surface area contributed by atoms with Crippen molar-refractivity contribution in [1.29, 1.82) is 0 Å². The highest BCUT2D eigenvalue weighted by atomic mass is 16.1. The second kappa shape index (κ2) is 5.72. The summed E-state index contributed by atoms with van der Waals surface area (Å²) in [6, 6.07) is 17.2. The molecule has 2 atom stereocenters. The molecule has 0 heterocycles. The molecule has 1 fully saturated rings. The zero-order chi connectivity index (χ0) is 14.8. The first kappa shape index (κ1) is 13.9. The van der Waals surface area contributed by atoms with Gasteiger partial charge in [0.2, 0.25) is 5.91 Å². The van der Waals surface area contributed by atoms with E-state index in [1.807, 2.05) is 12.1 Å². The zero-order valence-electron chi connectivity index (χ0n) is 12.6. The van der Waals surface area contributed by atoms with Gasteiger partial charge < -0.3 is 5.32 Å². The van der Waals surface area contributed by atoms with E-state index >= 15 is 0 Å². The molecule has 108 valence electrons. The first-order valence-corrected chi connectivity index (χ1v) is 7.57. The lowest BCUT2D eigenvalue weighted by molar-refractivity contribution is -0.114. The van der Waals surface area contributed by atoms with E-state index < -0.39 is 0 Å². The maximum atomic E-state index is 11.1. The number of anilines is 1. The SMILES string of the molecule is CC(=O)Nc1ccc(C2CCC2c2ccc(C)cc2)cc1. The minimum absolute atomic E-state index is 0.0241. The molecule has 1 N–H and O–H groups in total. The minimum Gasteiger partial charge on any atom is -0.326 e. The average molecular weight is 279 g/mol. The number of hydrogen-bond donors (Lipinski definition) is 1. The van der Waals surface area contributed by atoms with Gasteiger partial charge in [-0.25, -0.2) is 0 Å². The summed E-state index contributed by atoms with van der Waals surface area (Å²) in [5.41, 5.74) is 5.01. The Morgan fingerprint density at radius 3 is 1.81 bits per heavy atom. The Morgan fingerprint density at radius 1 is 0.905 bits per heavy atom. The molecule has 0 aromatic heterocycles. The number of aryl methyl sites for hydroxylation is 1. The Morgan fingerprint density at radius 2 is 1.38 bits per heavy atom. The van der Waals surface area contributed by atoms with Crippen LogP contribution in [0.15, 0.2) is 48.5 Å². The van der Waals surface area contributed by atoms with Gasteiger partial charge in [0.05, 0.1) is 0 Å². The van der Waals surface area contributed by atoms with Crippen molar-refractivity contribution in [3.63, 3.8) is 0 Å². The molecule has 1 aliphatic carbocycles. The lowest BCUT2D eigenvalue weighted by atomic mass is 9.67. The molecule has 21 heavy (non-hydrogen) atoms. The van der Waals surface area contributed by atoms with Crippen LogP contribution in [-0.4, -0.2) is 5.91 Å². The van der Waals surface area contributed by atoms with Crippen LogP contribution < -0.4 is 5.32 Å². The van der Waals surface area contributed by atoms with Gasteiger partial charge in [0.15, 0.2) is 0 Å². The third-order valence-corrected chi connectivity index (χ3v) is 4.44. The van der Waals surface area contributed by atoms with Gasteiger partial charge in [0, 0.05) is 12.6 Å². The van der Waals surface area contributed by atoms with Gasteiger partial charge in [0.25, 0.3) is 0 Å². The highest BCUT2D eigenvalue weighted by Crippen LogP contribution is 2.49. The maximum Gasteiger partial charge on any atom is 0.221 e. The van der Waals surface area contributed by atoms with Gasteiger partial charge in [-0.2, -0.15) is 0 Å². The van der Waals surface area contributed by atoms with Gasteiger partial charge in [-0.05, 0) is 54.9 Å². The molecule has 0 spiro atoms. The van der Waals surface area contributed by atoms with Crippen LogP contribution in [-0.2, 0) is 4.79 Å². The normalized spacial score (nSPS) is 20.7. The molecular formula is C19H21NO. The van der Waals surface area contributed by atoms with Crippen molar-refractivity contribution in [2.75, 3.05) is 5.32 Å². The lowest BCUT2D eigenvalue weighted by Crippen LogP contribution is -2.21. The largest absolute Gasteiger partial charge is 0.326 e. The molecule has 3 rings (SSSR count). The molecule has 1 amide bonds. The van der Waals surface area contributed by atoms with Crippen LogP contribution in [0, 0.1) is 6.92 Å². The molecule has 1 aliphatic rings. The van der Waals surface area contributed by atoms with Gasteiger partial charge >= 0.3 is 0 Å². The fourth-order valence-corrected chi connectivity index (χ4v) is 3.13. The van der Waals surface area contributed by atoms with Crippen LogP contribution in [0.3, 0.4) is 0 Å². The fourth-order valence-electron chi connectivity index (χ4n) is 3.13. The summed E-state index contributed by atoms with van der Waals surface area (Å²) < 4.78 is 0. The van der Waals surface area contributed by atoms with Crippen LogP contribution in [0.2, 0.25) is 0 Å². The first-order valence-electron chi connectivity index (χ1n) is 7.57. The Balaban J connectivity index is 1.74. The number of nitrogens with one attached hydrogen (secondary N) is 1. The van der Waals surface area contributed by atoms with Crippen molar-refractivity contribution in [2.45, 2.75) is 38.5 Å². The molecule has 2 unspecified atom stereocenters. The van der Waals surface area contributed by atoms with E-state index in [0.29, 0.717) is 11.8 Å². The second-order valence-electron chi connectivity index (χ2n) is 6.00. The summed E-state index contributed by atoms with van der Waals surface area (Å²) in [5, 5.41) is 2.82. The number of hydrogen-bond acceptors (Lipinski definition) is 1. The zero-order valence-corrected chi connectivity index (χ0v) is 12.6. The Hall–Kier alpha value is -2.09. The summed E-state index contributed by atoms with van der Waals surface area (Å²) in [5.74, 6) is 1.22. The van der Waals surface area contributed by atoms with Crippen molar-refractivity contribution in [2.24, 2.45) is 0 Å². The molecule has 0 saturated heterocycles. The van der Waals surface area contributed by atoms with E-state index in [0.717, 1.165) is 5.69 Å². The lowest BCUT2D eigenvalue weighted by Gasteiger charge is -2.37. The average Bonchev–Trinajstić information content (AvgIpc) is 2.42. The fraction of sp³-hybridized carbons (Fsp3) is 0.316. The number of benzene rings is 2. The van der Waals surface area contributed by atoms with E-state index in [9.17, 15) is 4.79 Å². The highest BCUT2D eigenvalue weighted by molar-refractivity contribution is 5.88. The molecular weight excluding hydrogens is 258 g/mol. The predicted octanol–water partition coefficient (Wildman–Crippen LogP) is 4.61. The monoisotopic (exact) mass is 279 g/mol. The molecule has 1 saturated carbocycles. The molecule has 2 heteroatoms. The van der Waals surface area contributed by atoms with Crippen LogP contribution in [0.5, 0.6) is 0 Å². The predicted molar refractivity (Wildman–Crippen MR) is 86.6 cm³/mol. The van der Waals surface area contributed by atoms with E-state index in [1.54, 1.807) is 0 Å². The third-order valence-electron chi connectivity index (χ3n) is 4.44. The standard InChI is InChI=1S/C19H21NO/c1-13-3-5-15(6-4-13)18-11-12-19(18)16-7-9-17(10-8-16)20-14(2)21/h3-10,18-19H,11-12H2,1-2H3,(H,20,21). The van der Waals surface area contributed by atoms with Crippen molar-refractivity contribution in [3.8, 4) is 0 Å². The number of carbonyl (C=O) groups is 1. The smallest absolute Gasteiger partial charge is 0.221 e. The van der Waals surface area contributed by atoms with Crippen LogP contribution >= 0.6 is 0 Å². The van der Waals surface area contributed by atoms with Crippen LogP contribution in [0.1, 0.15) is 48.3 Å². The van der Waals surface area contributed by atoms with Gasteiger partial charge in [-0.1, -0.05) is 42.0 Å². The number of rotatable bonds is 3. The summed E-state index contributed by atoms with van der Waals surface area (Å²) in [4.78, 5) is 11.1. The van der Waals surface area contributed by atoms with Crippen molar-refractivity contribution >= 4 is 11.6 Å². The molecule has 2 aromatic carbocycles. The Kier molecular flexibility index (Phi) is 3.78.